The second-order valence-corrected chi connectivity index (χ2v) is 6.78. The van der Waals surface area contributed by atoms with E-state index in [1.54, 1.807) is 12.1 Å². The first-order chi connectivity index (χ1) is 12.1. The summed E-state index contributed by atoms with van der Waals surface area (Å²) in [5, 5.41) is 6.66. The van der Waals surface area contributed by atoms with Crippen LogP contribution >= 0.6 is 22.6 Å². The monoisotopic (exact) mass is 447 g/mol. The Balaban J connectivity index is 1.45. The number of rotatable bonds is 6. The number of hydrogen-bond acceptors (Lipinski definition) is 2. The number of H-pyrrole nitrogens is 1. The van der Waals surface area contributed by atoms with E-state index in [0.29, 0.717) is 12.1 Å². The number of amides is 2. The van der Waals surface area contributed by atoms with Gasteiger partial charge in [0, 0.05) is 27.2 Å². The molecule has 128 valence electrons. The number of benzene rings is 2. The molecule has 25 heavy (non-hydrogen) atoms. The molecular formula is C19H18IN3O2. The van der Waals surface area contributed by atoms with Crippen molar-refractivity contribution in [3.63, 3.8) is 0 Å². The summed E-state index contributed by atoms with van der Waals surface area (Å²) in [6.07, 6.45) is 2.70. The summed E-state index contributed by atoms with van der Waals surface area (Å²) in [5.41, 5.74) is 2.84. The number of carbonyl (C=O) groups is 2. The van der Waals surface area contributed by atoms with Crippen LogP contribution in [-0.4, -0.2) is 29.9 Å². The largest absolute Gasteiger partial charge is 0.361 e. The van der Waals surface area contributed by atoms with Crippen LogP contribution in [0.25, 0.3) is 10.9 Å². The molecule has 0 unspecified atom stereocenters. The van der Waals surface area contributed by atoms with Crippen LogP contribution in [0.5, 0.6) is 0 Å². The van der Waals surface area contributed by atoms with Crippen molar-refractivity contribution in [2.75, 3.05) is 13.1 Å². The van der Waals surface area contributed by atoms with Gasteiger partial charge in [-0.2, -0.15) is 0 Å². The van der Waals surface area contributed by atoms with Gasteiger partial charge in [0.25, 0.3) is 5.91 Å². The Kier molecular flexibility index (Phi) is 5.70. The minimum absolute atomic E-state index is 0.0301. The third kappa shape index (κ3) is 4.39. The van der Waals surface area contributed by atoms with Gasteiger partial charge in [0.05, 0.1) is 12.1 Å². The first kappa shape index (κ1) is 17.5. The fourth-order valence-electron chi connectivity index (χ4n) is 2.64. The number of carbonyl (C=O) groups excluding carboxylic acids is 2. The Hall–Kier alpha value is -2.35. The number of para-hydroxylation sites is 1. The van der Waals surface area contributed by atoms with Crippen LogP contribution in [0.3, 0.4) is 0 Å². The summed E-state index contributed by atoms with van der Waals surface area (Å²) < 4.78 is 0.859. The summed E-state index contributed by atoms with van der Waals surface area (Å²) in [5.74, 6) is -0.434. The Morgan fingerprint density at radius 3 is 2.60 bits per heavy atom. The van der Waals surface area contributed by atoms with Crippen molar-refractivity contribution in [3.8, 4) is 0 Å². The molecule has 0 saturated carbocycles. The van der Waals surface area contributed by atoms with Gasteiger partial charge in [-0.25, -0.2) is 0 Å². The molecule has 0 saturated heterocycles. The van der Waals surface area contributed by atoms with Gasteiger partial charge < -0.3 is 15.6 Å². The Morgan fingerprint density at radius 1 is 1.00 bits per heavy atom. The van der Waals surface area contributed by atoms with Gasteiger partial charge in [-0.1, -0.05) is 30.3 Å². The average molecular weight is 447 g/mol. The van der Waals surface area contributed by atoms with Crippen LogP contribution in [0, 0.1) is 3.57 Å². The standard InChI is InChI=1S/C19H18IN3O2/c20-16-7-3-1-6-15(16)19(25)23-12-18(24)21-10-9-13-11-22-17-8-4-2-5-14(13)17/h1-8,11,22H,9-10,12H2,(H,21,24)(H,23,25). The highest BCUT2D eigenvalue weighted by Crippen LogP contribution is 2.17. The summed E-state index contributed by atoms with van der Waals surface area (Å²) in [6.45, 7) is 0.497. The van der Waals surface area contributed by atoms with Crippen molar-refractivity contribution >= 4 is 45.3 Å². The Bertz CT molecular complexity index is 904. The molecule has 1 aromatic heterocycles. The highest BCUT2D eigenvalue weighted by atomic mass is 127. The topological polar surface area (TPSA) is 74.0 Å². The van der Waals surface area contributed by atoms with Crippen molar-refractivity contribution in [1.82, 2.24) is 15.6 Å². The van der Waals surface area contributed by atoms with Crippen LogP contribution in [-0.2, 0) is 11.2 Å². The van der Waals surface area contributed by atoms with E-state index >= 15 is 0 Å². The molecule has 0 aliphatic rings. The molecule has 0 spiro atoms. The lowest BCUT2D eigenvalue weighted by molar-refractivity contribution is -0.120. The summed E-state index contributed by atoms with van der Waals surface area (Å²) in [4.78, 5) is 27.2. The Morgan fingerprint density at radius 2 is 1.76 bits per heavy atom. The number of hydrogen-bond donors (Lipinski definition) is 3. The molecule has 3 N–H and O–H groups in total. The minimum Gasteiger partial charge on any atom is -0.361 e. The van der Waals surface area contributed by atoms with Crippen molar-refractivity contribution < 1.29 is 9.59 Å². The van der Waals surface area contributed by atoms with Gasteiger partial charge >= 0.3 is 0 Å². The third-order valence-corrected chi connectivity index (χ3v) is 4.86. The average Bonchev–Trinajstić information content (AvgIpc) is 3.03. The quantitative estimate of drug-likeness (QED) is 0.509. The molecule has 3 aromatic rings. The lowest BCUT2D eigenvalue weighted by Gasteiger charge is -2.08. The second-order valence-electron chi connectivity index (χ2n) is 5.62. The van der Waals surface area contributed by atoms with Crippen molar-refractivity contribution in [1.29, 1.82) is 0 Å². The molecule has 0 atom stereocenters. The maximum absolute atomic E-state index is 12.1. The minimum atomic E-state index is -0.239. The maximum atomic E-state index is 12.1. The molecule has 2 amide bonds. The van der Waals surface area contributed by atoms with E-state index < -0.39 is 0 Å². The van der Waals surface area contributed by atoms with Crippen molar-refractivity contribution in [3.05, 3.63) is 69.4 Å². The van der Waals surface area contributed by atoms with Crippen LogP contribution < -0.4 is 10.6 Å². The first-order valence-electron chi connectivity index (χ1n) is 7.99. The molecule has 3 rings (SSSR count). The maximum Gasteiger partial charge on any atom is 0.252 e. The fraction of sp³-hybridized carbons (Fsp3) is 0.158. The van der Waals surface area contributed by atoms with Gasteiger partial charge in [-0.3, -0.25) is 9.59 Å². The van der Waals surface area contributed by atoms with E-state index in [1.807, 2.05) is 36.5 Å². The van der Waals surface area contributed by atoms with E-state index in [-0.39, 0.29) is 18.4 Å². The van der Waals surface area contributed by atoms with Crippen molar-refractivity contribution in [2.45, 2.75) is 6.42 Å². The first-order valence-corrected chi connectivity index (χ1v) is 9.07. The predicted molar refractivity (Wildman–Crippen MR) is 107 cm³/mol. The molecular weight excluding hydrogens is 429 g/mol. The normalized spacial score (nSPS) is 10.6. The predicted octanol–water partition coefficient (Wildman–Crippen LogP) is 2.86. The molecule has 2 aromatic carbocycles. The van der Waals surface area contributed by atoms with Crippen LogP contribution in [0.4, 0.5) is 0 Å². The third-order valence-electron chi connectivity index (χ3n) is 3.92. The van der Waals surface area contributed by atoms with Crippen molar-refractivity contribution in [2.24, 2.45) is 0 Å². The summed E-state index contributed by atoms with van der Waals surface area (Å²) in [6, 6.07) is 15.3. The van der Waals surface area contributed by atoms with Gasteiger partial charge in [0.1, 0.15) is 0 Å². The number of halogens is 1. The smallest absolute Gasteiger partial charge is 0.252 e. The number of fused-ring (bicyclic) bond motifs is 1. The van der Waals surface area contributed by atoms with E-state index in [4.69, 9.17) is 0 Å². The molecule has 0 radical (unpaired) electrons. The van der Waals surface area contributed by atoms with Gasteiger partial charge in [-0.15, -0.1) is 0 Å². The zero-order valence-corrected chi connectivity index (χ0v) is 15.7. The zero-order valence-electron chi connectivity index (χ0n) is 13.5. The summed E-state index contributed by atoms with van der Waals surface area (Å²) >= 11 is 2.10. The number of aromatic nitrogens is 1. The van der Waals surface area contributed by atoms with Gasteiger partial charge in [0.15, 0.2) is 0 Å². The van der Waals surface area contributed by atoms with Crippen LogP contribution in [0.15, 0.2) is 54.7 Å². The lowest BCUT2D eigenvalue weighted by atomic mass is 10.1. The van der Waals surface area contributed by atoms with E-state index in [9.17, 15) is 9.59 Å². The highest BCUT2D eigenvalue weighted by molar-refractivity contribution is 14.1. The zero-order chi connectivity index (χ0) is 17.6. The highest BCUT2D eigenvalue weighted by Gasteiger charge is 2.10. The molecule has 0 aliphatic heterocycles. The molecule has 1 heterocycles. The van der Waals surface area contributed by atoms with E-state index in [0.717, 1.165) is 15.5 Å². The fourth-order valence-corrected chi connectivity index (χ4v) is 3.27. The second kappa shape index (κ2) is 8.15. The molecule has 6 heteroatoms. The van der Waals surface area contributed by atoms with Crippen LogP contribution in [0.1, 0.15) is 15.9 Å². The van der Waals surface area contributed by atoms with Gasteiger partial charge in [-0.05, 0) is 52.8 Å². The molecule has 0 bridgehead atoms. The van der Waals surface area contributed by atoms with Gasteiger partial charge in [0.2, 0.25) is 5.91 Å². The number of aromatic amines is 1. The molecule has 5 nitrogen and oxygen atoms in total. The summed E-state index contributed by atoms with van der Waals surface area (Å²) in [7, 11) is 0. The van der Waals surface area contributed by atoms with E-state index in [2.05, 4.69) is 44.3 Å². The molecule has 0 aliphatic carbocycles. The van der Waals surface area contributed by atoms with E-state index in [1.165, 1.54) is 10.9 Å². The Labute approximate surface area is 159 Å². The molecule has 0 fully saturated rings. The SMILES string of the molecule is O=C(CNC(=O)c1ccccc1I)NCCc1c[nH]c2ccccc12. The lowest BCUT2D eigenvalue weighted by Crippen LogP contribution is -2.37. The number of nitrogens with one attached hydrogen (secondary N) is 3. The van der Waals surface area contributed by atoms with Crippen LogP contribution in [0.2, 0.25) is 0 Å².